The minimum atomic E-state index is -0.367. The molecule has 1 spiro atoms. The van der Waals surface area contributed by atoms with E-state index in [1.54, 1.807) is 0 Å². The Balaban J connectivity index is 1.000. The van der Waals surface area contributed by atoms with Crippen LogP contribution in [0, 0.1) is 0 Å². The summed E-state index contributed by atoms with van der Waals surface area (Å²) in [5, 5.41) is 2.58. The van der Waals surface area contributed by atoms with Crippen LogP contribution in [0.3, 0.4) is 0 Å². The summed E-state index contributed by atoms with van der Waals surface area (Å²) in [5.74, 6) is 0.167. The van der Waals surface area contributed by atoms with Crippen molar-refractivity contribution in [3.63, 3.8) is 0 Å². The Bertz CT molecular complexity index is 3120. The maximum atomic E-state index is 2.45. The Morgan fingerprint density at radius 2 is 0.932 bits per heavy atom. The van der Waals surface area contributed by atoms with Gasteiger partial charge in [-0.3, -0.25) is 0 Å². The Hall–Kier alpha value is -7.22. The highest BCUT2D eigenvalue weighted by molar-refractivity contribution is 6.09. The van der Waals surface area contributed by atoms with E-state index in [1.807, 2.05) is 0 Å². The molecule has 12 rings (SSSR count). The number of rotatable bonds is 7. The van der Waals surface area contributed by atoms with Crippen molar-refractivity contribution in [1.82, 2.24) is 4.57 Å². The van der Waals surface area contributed by atoms with E-state index in [4.69, 9.17) is 0 Å². The molecule has 278 valence electrons. The van der Waals surface area contributed by atoms with Crippen LogP contribution in [0.25, 0.3) is 60.9 Å². The minimum absolute atomic E-state index is 0.167. The minimum Gasteiger partial charge on any atom is -0.309 e. The van der Waals surface area contributed by atoms with Crippen molar-refractivity contribution in [1.29, 1.82) is 0 Å². The van der Waals surface area contributed by atoms with Crippen molar-refractivity contribution < 1.29 is 0 Å². The predicted octanol–water partition coefficient (Wildman–Crippen LogP) is 14.6. The molecular weight excluding hydrogens is 711 g/mol. The topological polar surface area (TPSA) is 4.93 Å². The molecule has 0 radical (unpaired) electrons. The zero-order valence-electron chi connectivity index (χ0n) is 32.7. The normalized spacial score (nSPS) is 13.6. The van der Waals surface area contributed by atoms with Crippen LogP contribution in [0.4, 0.5) is 0 Å². The largest absolute Gasteiger partial charge is 0.309 e. The second kappa shape index (κ2) is 13.4. The van der Waals surface area contributed by atoms with Crippen molar-refractivity contribution >= 4 is 21.8 Å². The first-order valence-corrected chi connectivity index (χ1v) is 20.9. The van der Waals surface area contributed by atoms with E-state index in [0.717, 1.165) is 12.8 Å². The molecule has 2 aliphatic carbocycles. The lowest BCUT2D eigenvalue weighted by atomic mass is 9.70. The average Bonchev–Trinajstić information content (AvgIpc) is 3.92. The molecule has 0 bridgehead atoms. The summed E-state index contributed by atoms with van der Waals surface area (Å²) in [6.45, 7) is 0. The summed E-state index contributed by atoms with van der Waals surface area (Å²) in [5.41, 5.74) is 20.9. The monoisotopic (exact) mass is 751 g/mol. The SMILES string of the molecule is c1ccc(-c2cccc(C(CCc3ccc(-n4c5ccccc5c5ccccc54)cc3)c3cccc4c3-c3ccccc3C43c4ccccc4-c4ccccc43)c2)cc1. The molecular formula is C58H41N. The van der Waals surface area contributed by atoms with Crippen LogP contribution in [0.1, 0.15) is 51.3 Å². The van der Waals surface area contributed by atoms with Crippen molar-refractivity contribution in [3.05, 3.63) is 257 Å². The van der Waals surface area contributed by atoms with Crippen molar-refractivity contribution in [2.24, 2.45) is 0 Å². The van der Waals surface area contributed by atoms with Gasteiger partial charge < -0.3 is 4.57 Å². The summed E-state index contributed by atoms with van der Waals surface area (Å²) < 4.78 is 2.41. The quantitative estimate of drug-likeness (QED) is 0.153. The van der Waals surface area contributed by atoms with Crippen LogP contribution in [0.5, 0.6) is 0 Å². The van der Waals surface area contributed by atoms with Crippen molar-refractivity contribution in [3.8, 4) is 39.1 Å². The Labute approximate surface area is 345 Å². The number of nitrogens with zero attached hydrogens (tertiary/aromatic N) is 1. The van der Waals surface area contributed by atoms with Crippen LogP contribution in [-0.2, 0) is 11.8 Å². The van der Waals surface area contributed by atoms with Crippen LogP contribution in [0.2, 0.25) is 0 Å². The first-order chi connectivity index (χ1) is 29.3. The van der Waals surface area contributed by atoms with Gasteiger partial charge in [0, 0.05) is 22.4 Å². The lowest BCUT2D eigenvalue weighted by Crippen LogP contribution is -2.25. The highest BCUT2D eigenvalue weighted by atomic mass is 15.0. The summed E-state index contributed by atoms with van der Waals surface area (Å²) in [6.07, 6.45) is 1.93. The van der Waals surface area contributed by atoms with Crippen molar-refractivity contribution in [2.75, 3.05) is 0 Å². The fraction of sp³-hybridized carbons (Fsp3) is 0.0690. The van der Waals surface area contributed by atoms with Crippen molar-refractivity contribution in [2.45, 2.75) is 24.2 Å². The second-order valence-electron chi connectivity index (χ2n) is 16.3. The van der Waals surface area contributed by atoms with Crippen LogP contribution in [0.15, 0.2) is 218 Å². The zero-order valence-corrected chi connectivity index (χ0v) is 32.7. The van der Waals surface area contributed by atoms with E-state index in [1.165, 1.54) is 99.8 Å². The van der Waals surface area contributed by atoms with Gasteiger partial charge in [0.1, 0.15) is 0 Å². The van der Waals surface area contributed by atoms with Gasteiger partial charge in [-0.25, -0.2) is 0 Å². The molecule has 9 aromatic carbocycles. The van der Waals surface area contributed by atoms with Crippen LogP contribution >= 0.6 is 0 Å². The predicted molar refractivity (Wildman–Crippen MR) is 246 cm³/mol. The molecule has 1 heterocycles. The molecule has 0 N–H and O–H groups in total. The molecule has 0 saturated carbocycles. The molecule has 0 fully saturated rings. The fourth-order valence-corrected chi connectivity index (χ4v) is 10.9. The third kappa shape index (κ3) is 5.04. The van der Waals surface area contributed by atoms with E-state index >= 15 is 0 Å². The van der Waals surface area contributed by atoms with Gasteiger partial charge in [-0.05, 0) is 109 Å². The Kier molecular flexibility index (Phi) is 7.71. The fourth-order valence-electron chi connectivity index (χ4n) is 10.9. The van der Waals surface area contributed by atoms with E-state index < -0.39 is 0 Å². The highest BCUT2D eigenvalue weighted by Crippen LogP contribution is 2.63. The molecule has 1 unspecified atom stereocenters. The van der Waals surface area contributed by atoms with Gasteiger partial charge in [0.25, 0.3) is 0 Å². The molecule has 0 saturated heterocycles. The second-order valence-corrected chi connectivity index (χ2v) is 16.3. The Morgan fingerprint density at radius 1 is 0.407 bits per heavy atom. The molecule has 1 heteroatoms. The summed E-state index contributed by atoms with van der Waals surface area (Å²) in [4.78, 5) is 0. The third-order valence-electron chi connectivity index (χ3n) is 13.3. The molecule has 0 amide bonds. The number of fused-ring (bicyclic) bond motifs is 13. The molecule has 59 heavy (non-hydrogen) atoms. The molecule has 1 atom stereocenters. The Morgan fingerprint density at radius 3 is 1.61 bits per heavy atom. The molecule has 1 nitrogen and oxygen atoms in total. The number of aryl methyl sites for hydroxylation is 1. The number of hydrogen-bond donors (Lipinski definition) is 0. The number of hydrogen-bond acceptors (Lipinski definition) is 0. The van der Waals surface area contributed by atoms with Gasteiger partial charge >= 0.3 is 0 Å². The lowest BCUT2D eigenvalue weighted by Gasteiger charge is -2.31. The molecule has 2 aliphatic rings. The van der Waals surface area contributed by atoms with E-state index in [-0.39, 0.29) is 11.3 Å². The number of para-hydroxylation sites is 2. The van der Waals surface area contributed by atoms with E-state index in [2.05, 4.69) is 223 Å². The zero-order chi connectivity index (χ0) is 38.9. The highest BCUT2D eigenvalue weighted by Gasteiger charge is 2.52. The van der Waals surface area contributed by atoms with Gasteiger partial charge in [-0.2, -0.15) is 0 Å². The van der Waals surface area contributed by atoms with Gasteiger partial charge in [0.15, 0.2) is 0 Å². The maximum absolute atomic E-state index is 2.45. The van der Waals surface area contributed by atoms with Crippen LogP contribution in [-0.4, -0.2) is 4.57 Å². The van der Waals surface area contributed by atoms with Gasteiger partial charge in [0.2, 0.25) is 0 Å². The first-order valence-electron chi connectivity index (χ1n) is 20.9. The van der Waals surface area contributed by atoms with E-state index in [0.29, 0.717) is 0 Å². The summed E-state index contributed by atoms with van der Waals surface area (Å²) in [6, 6.07) is 81.6. The summed E-state index contributed by atoms with van der Waals surface area (Å²) >= 11 is 0. The van der Waals surface area contributed by atoms with Gasteiger partial charge in [-0.15, -0.1) is 0 Å². The van der Waals surface area contributed by atoms with Gasteiger partial charge in [0.05, 0.1) is 16.4 Å². The third-order valence-corrected chi connectivity index (χ3v) is 13.3. The first kappa shape index (κ1) is 33.9. The smallest absolute Gasteiger partial charge is 0.0725 e. The van der Waals surface area contributed by atoms with Gasteiger partial charge in [-0.1, -0.05) is 194 Å². The average molecular weight is 752 g/mol. The standard InChI is InChI=1S/C58H41N/c1-2-16-40(17-3-1)41-18-14-19-42(38-41)44(37-34-39-32-35-43(36-33-39)59-55-30-12-7-22-47(55)48-23-8-13-31-56(48)59)49-25-15-29-54-57(49)50-24-6-11-28-53(50)58(54)51-26-9-4-20-45(51)46-21-5-10-27-52(46)58/h1-33,35-36,38,44H,34,37H2. The molecule has 10 aromatic rings. The number of aromatic nitrogens is 1. The van der Waals surface area contributed by atoms with Crippen LogP contribution < -0.4 is 0 Å². The molecule has 0 aliphatic heterocycles. The maximum Gasteiger partial charge on any atom is 0.0725 e. The lowest BCUT2D eigenvalue weighted by molar-refractivity contribution is 0.714. The number of benzene rings is 9. The molecule has 1 aromatic heterocycles. The summed E-state index contributed by atoms with van der Waals surface area (Å²) in [7, 11) is 0. The van der Waals surface area contributed by atoms with E-state index in [9.17, 15) is 0 Å².